The Hall–Kier alpha value is -2.13. The molecular formula is C17H17ClN2O. The molecule has 0 aromatic heterocycles. The molecule has 0 spiro atoms. The van der Waals surface area contributed by atoms with E-state index in [1.807, 2.05) is 36.4 Å². The van der Waals surface area contributed by atoms with Gasteiger partial charge in [-0.2, -0.15) is 5.10 Å². The van der Waals surface area contributed by atoms with Crippen molar-refractivity contribution in [3.8, 4) is 0 Å². The number of amides is 1. The maximum atomic E-state index is 12.0. The summed E-state index contributed by atoms with van der Waals surface area (Å²) in [5.74, 6) is -0.295. The molecule has 21 heavy (non-hydrogen) atoms. The molecular weight excluding hydrogens is 284 g/mol. The van der Waals surface area contributed by atoms with Gasteiger partial charge in [0.05, 0.1) is 11.8 Å². The minimum absolute atomic E-state index is 0.0886. The molecule has 1 aromatic rings. The lowest BCUT2D eigenvalue weighted by molar-refractivity contribution is -0.130. The number of hydrazone groups is 1. The van der Waals surface area contributed by atoms with Crippen LogP contribution in [0.1, 0.15) is 18.0 Å². The highest BCUT2D eigenvalue weighted by Crippen LogP contribution is 2.32. The minimum Gasteiger partial charge on any atom is -0.272 e. The molecule has 1 aliphatic rings. The van der Waals surface area contributed by atoms with E-state index in [0.717, 1.165) is 16.8 Å². The number of allylic oxidation sites excluding steroid dienone is 4. The lowest BCUT2D eigenvalue weighted by Crippen LogP contribution is -2.27. The van der Waals surface area contributed by atoms with Crippen LogP contribution in [0.3, 0.4) is 0 Å². The second-order valence-electron chi connectivity index (χ2n) is 4.61. The Morgan fingerprint density at radius 2 is 2.10 bits per heavy atom. The molecule has 2 rings (SSSR count). The Morgan fingerprint density at radius 3 is 2.67 bits per heavy atom. The van der Waals surface area contributed by atoms with Crippen molar-refractivity contribution in [1.82, 2.24) is 5.01 Å². The summed E-state index contributed by atoms with van der Waals surface area (Å²) in [7, 11) is 0. The standard InChI is InChI=1S/C17H17ClN2O/c1-3-8-13(4-2)15-11-16(14-9-6-5-7-10-14)20(19-15)17(21)12-18/h3-10,16H,1-2,11-12H2/b13-8+. The molecule has 0 saturated heterocycles. The Balaban J connectivity index is 2.36. The second kappa shape index (κ2) is 7.04. The van der Waals surface area contributed by atoms with Crippen LogP contribution in [0.5, 0.6) is 0 Å². The minimum atomic E-state index is -0.206. The number of carbonyl (C=O) groups is 1. The SMILES string of the molecule is C=C/C=C(\C=C)C1=NN(C(=O)CCl)C(c2ccccc2)C1. The van der Waals surface area contributed by atoms with E-state index in [-0.39, 0.29) is 17.8 Å². The largest absolute Gasteiger partial charge is 0.272 e. The summed E-state index contributed by atoms with van der Waals surface area (Å²) in [6.07, 6.45) is 5.88. The van der Waals surface area contributed by atoms with Crippen LogP contribution in [-0.4, -0.2) is 22.5 Å². The van der Waals surface area contributed by atoms with Crippen LogP contribution in [-0.2, 0) is 4.79 Å². The topological polar surface area (TPSA) is 32.7 Å². The van der Waals surface area contributed by atoms with E-state index in [9.17, 15) is 4.79 Å². The summed E-state index contributed by atoms with van der Waals surface area (Å²) in [5, 5.41) is 5.91. The van der Waals surface area contributed by atoms with Gasteiger partial charge in [-0.15, -0.1) is 11.6 Å². The Morgan fingerprint density at radius 1 is 1.38 bits per heavy atom. The second-order valence-corrected chi connectivity index (χ2v) is 4.88. The number of halogens is 1. The predicted octanol–water partition coefficient (Wildman–Crippen LogP) is 3.85. The average molecular weight is 301 g/mol. The first kappa shape index (κ1) is 15.3. The summed E-state index contributed by atoms with van der Waals surface area (Å²) in [6.45, 7) is 7.47. The molecule has 0 fully saturated rings. The quantitative estimate of drug-likeness (QED) is 0.600. The third kappa shape index (κ3) is 3.31. The summed E-state index contributed by atoms with van der Waals surface area (Å²) in [6, 6.07) is 9.70. The third-order valence-corrected chi connectivity index (χ3v) is 3.54. The van der Waals surface area contributed by atoms with Crippen molar-refractivity contribution < 1.29 is 4.79 Å². The fourth-order valence-electron chi connectivity index (χ4n) is 2.32. The molecule has 0 bridgehead atoms. The molecule has 1 atom stereocenters. The van der Waals surface area contributed by atoms with Crippen molar-refractivity contribution >= 4 is 23.2 Å². The highest BCUT2D eigenvalue weighted by molar-refractivity contribution is 6.27. The number of nitrogens with zero attached hydrogens (tertiary/aromatic N) is 2. The van der Waals surface area contributed by atoms with Gasteiger partial charge >= 0.3 is 0 Å². The monoisotopic (exact) mass is 300 g/mol. The van der Waals surface area contributed by atoms with Gasteiger partial charge in [0.15, 0.2) is 0 Å². The van der Waals surface area contributed by atoms with Crippen LogP contribution >= 0.6 is 11.6 Å². The summed E-state index contributed by atoms with van der Waals surface area (Å²) < 4.78 is 0. The van der Waals surface area contributed by atoms with Gasteiger partial charge in [-0.25, -0.2) is 5.01 Å². The van der Waals surface area contributed by atoms with Gasteiger partial charge in [0.2, 0.25) is 0 Å². The van der Waals surface area contributed by atoms with Crippen LogP contribution in [0, 0.1) is 0 Å². The molecule has 4 heteroatoms. The lowest BCUT2D eigenvalue weighted by atomic mass is 9.98. The van der Waals surface area contributed by atoms with Gasteiger partial charge in [-0.1, -0.05) is 61.7 Å². The zero-order valence-corrected chi connectivity index (χ0v) is 12.5. The first-order chi connectivity index (χ1) is 10.2. The third-order valence-electron chi connectivity index (χ3n) is 3.32. The maximum Gasteiger partial charge on any atom is 0.258 e. The number of hydrogen-bond donors (Lipinski definition) is 0. The summed E-state index contributed by atoms with van der Waals surface area (Å²) in [5.41, 5.74) is 2.73. The molecule has 0 radical (unpaired) electrons. The Labute approximate surface area is 129 Å². The van der Waals surface area contributed by atoms with Crippen LogP contribution in [0.15, 0.2) is 72.4 Å². The number of benzene rings is 1. The van der Waals surface area contributed by atoms with Gasteiger partial charge in [0, 0.05) is 6.42 Å². The van der Waals surface area contributed by atoms with E-state index in [1.54, 1.807) is 12.2 Å². The molecule has 1 amide bonds. The average Bonchev–Trinajstić information content (AvgIpc) is 2.97. The molecule has 108 valence electrons. The van der Waals surface area contributed by atoms with Gasteiger partial charge in [-0.05, 0) is 11.1 Å². The smallest absolute Gasteiger partial charge is 0.258 e. The lowest BCUT2D eigenvalue weighted by Gasteiger charge is -2.21. The van der Waals surface area contributed by atoms with Crippen molar-refractivity contribution in [2.24, 2.45) is 5.10 Å². The highest BCUT2D eigenvalue weighted by Gasteiger charge is 2.32. The molecule has 0 N–H and O–H groups in total. The Kier molecular flexibility index (Phi) is 5.12. The predicted molar refractivity (Wildman–Crippen MR) is 87.3 cm³/mol. The first-order valence-electron chi connectivity index (χ1n) is 6.67. The molecule has 0 aliphatic carbocycles. The molecule has 1 aliphatic heterocycles. The zero-order valence-electron chi connectivity index (χ0n) is 11.7. The van der Waals surface area contributed by atoms with Crippen molar-refractivity contribution in [2.45, 2.75) is 12.5 Å². The van der Waals surface area contributed by atoms with E-state index in [4.69, 9.17) is 11.6 Å². The van der Waals surface area contributed by atoms with Crippen molar-refractivity contribution in [3.05, 3.63) is 72.9 Å². The summed E-state index contributed by atoms with van der Waals surface area (Å²) >= 11 is 5.70. The number of carbonyl (C=O) groups excluding carboxylic acids is 1. The van der Waals surface area contributed by atoms with Gasteiger partial charge in [-0.3, -0.25) is 4.79 Å². The van der Waals surface area contributed by atoms with E-state index in [2.05, 4.69) is 18.3 Å². The highest BCUT2D eigenvalue weighted by atomic mass is 35.5. The van der Waals surface area contributed by atoms with E-state index < -0.39 is 0 Å². The van der Waals surface area contributed by atoms with E-state index >= 15 is 0 Å². The molecule has 1 unspecified atom stereocenters. The molecule has 3 nitrogen and oxygen atoms in total. The number of alkyl halides is 1. The first-order valence-corrected chi connectivity index (χ1v) is 7.20. The zero-order chi connectivity index (χ0) is 15.2. The van der Waals surface area contributed by atoms with Crippen molar-refractivity contribution in [2.75, 3.05) is 5.88 Å². The van der Waals surface area contributed by atoms with Crippen LogP contribution < -0.4 is 0 Å². The van der Waals surface area contributed by atoms with Crippen LogP contribution in [0.4, 0.5) is 0 Å². The van der Waals surface area contributed by atoms with Gasteiger partial charge < -0.3 is 0 Å². The van der Waals surface area contributed by atoms with Gasteiger partial charge in [0.25, 0.3) is 5.91 Å². The summed E-state index contributed by atoms with van der Waals surface area (Å²) in [4.78, 5) is 12.0. The van der Waals surface area contributed by atoms with E-state index in [0.29, 0.717) is 6.42 Å². The fraction of sp³-hybridized carbons (Fsp3) is 0.176. The molecule has 1 aromatic carbocycles. The number of hydrogen-bond acceptors (Lipinski definition) is 2. The van der Waals surface area contributed by atoms with Crippen molar-refractivity contribution in [3.63, 3.8) is 0 Å². The molecule has 1 heterocycles. The van der Waals surface area contributed by atoms with Crippen LogP contribution in [0.25, 0.3) is 0 Å². The fourth-order valence-corrected chi connectivity index (χ4v) is 2.44. The van der Waals surface area contributed by atoms with E-state index in [1.165, 1.54) is 5.01 Å². The maximum absolute atomic E-state index is 12.0. The number of rotatable bonds is 5. The molecule has 0 saturated carbocycles. The van der Waals surface area contributed by atoms with Gasteiger partial charge in [0.1, 0.15) is 5.88 Å². The van der Waals surface area contributed by atoms with Crippen LogP contribution in [0.2, 0.25) is 0 Å². The van der Waals surface area contributed by atoms with Crippen molar-refractivity contribution in [1.29, 1.82) is 0 Å². The normalized spacial score (nSPS) is 18.3. The Bertz CT molecular complexity index is 604.